The topological polar surface area (TPSA) is 29.1 Å². The van der Waals surface area contributed by atoms with Gasteiger partial charge in [0.15, 0.2) is 0 Å². The fourth-order valence-electron chi connectivity index (χ4n) is 1.25. The van der Waals surface area contributed by atoms with Crippen LogP contribution in [0.2, 0.25) is 0 Å². The van der Waals surface area contributed by atoms with Crippen molar-refractivity contribution in [2.45, 2.75) is 13.8 Å². The van der Waals surface area contributed by atoms with Crippen molar-refractivity contribution in [2.24, 2.45) is 0 Å². The number of carbonyl (C=O) groups excluding carboxylic acids is 1. The Morgan fingerprint density at radius 1 is 1.43 bits per heavy atom. The van der Waals surface area contributed by atoms with Gasteiger partial charge >= 0.3 is 0 Å². The maximum atomic E-state index is 11.2. The van der Waals surface area contributed by atoms with E-state index < -0.39 is 0 Å². The first-order chi connectivity index (χ1) is 6.54. The predicted molar refractivity (Wildman–Crippen MR) is 66.0 cm³/mol. The van der Waals surface area contributed by atoms with Gasteiger partial charge in [-0.25, -0.2) is 0 Å². The molecule has 14 heavy (non-hydrogen) atoms. The van der Waals surface area contributed by atoms with E-state index in [2.05, 4.69) is 37.2 Å². The SMILES string of the molecule is Cc1cc(C)c(NC(=O)CBr)c(Br)c1. The lowest BCUT2D eigenvalue weighted by atomic mass is 10.1. The van der Waals surface area contributed by atoms with Crippen LogP contribution in [0.5, 0.6) is 0 Å². The Morgan fingerprint density at radius 3 is 2.57 bits per heavy atom. The Labute approximate surface area is 100 Å². The van der Waals surface area contributed by atoms with Gasteiger partial charge < -0.3 is 5.32 Å². The molecule has 1 aromatic rings. The third kappa shape index (κ3) is 2.82. The maximum Gasteiger partial charge on any atom is 0.235 e. The fourth-order valence-corrected chi connectivity index (χ4v) is 2.16. The molecule has 0 unspecified atom stereocenters. The van der Waals surface area contributed by atoms with E-state index in [4.69, 9.17) is 0 Å². The molecule has 0 aliphatic rings. The van der Waals surface area contributed by atoms with Crippen LogP contribution in [0.4, 0.5) is 5.69 Å². The summed E-state index contributed by atoms with van der Waals surface area (Å²) in [7, 11) is 0. The Bertz CT molecular complexity index is 340. The van der Waals surface area contributed by atoms with E-state index in [1.54, 1.807) is 0 Å². The van der Waals surface area contributed by atoms with E-state index in [-0.39, 0.29) is 5.91 Å². The summed E-state index contributed by atoms with van der Waals surface area (Å²) in [6, 6.07) is 4.02. The summed E-state index contributed by atoms with van der Waals surface area (Å²) >= 11 is 6.53. The number of hydrogen-bond donors (Lipinski definition) is 1. The zero-order valence-electron chi connectivity index (χ0n) is 8.03. The third-order valence-electron chi connectivity index (χ3n) is 1.82. The second kappa shape index (κ2) is 4.94. The number of amides is 1. The standard InChI is InChI=1S/C10H11Br2NO/c1-6-3-7(2)10(8(12)4-6)13-9(14)5-11/h3-4H,5H2,1-2H3,(H,13,14). The van der Waals surface area contributed by atoms with Crippen LogP contribution >= 0.6 is 31.9 Å². The van der Waals surface area contributed by atoms with Crippen LogP contribution in [0.15, 0.2) is 16.6 Å². The molecular formula is C10H11Br2NO. The van der Waals surface area contributed by atoms with Crippen molar-refractivity contribution in [3.63, 3.8) is 0 Å². The average Bonchev–Trinajstić information content (AvgIpc) is 2.10. The van der Waals surface area contributed by atoms with E-state index in [0.717, 1.165) is 15.7 Å². The lowest BCUT2D eigenvalue weighted by Gasteiger charge is -2.10. The van der Waals surface area contributed by atoms with Gasteiger partial charge in [0.1, 0.15) is 0 Å². The van der Waals surface area contributed by atoms with Crippen molar-refractivity contribution >= 4 is 43.5 Å². The zero-order chi connectivity index (χ0) is 10.7. The quantitative estimate of drug-likeness (QED) is 0.831. The fraction of sp³-hybridized carbons (Fsp3) is 0.300. The summed E-state index contributed by atoms with van der Waals surface area (Å²) in [6.45, 7) is 4.00. The molecule has 0 fully saturated rings. The van der Waals surface area contributed by atoms with Crippen LogP contribution < -0.4 is 5.32 Å². The van der Waals surface area contributed by atoms with Gasteiger partial charge in [-0.3, -0.25) is 4.79 Å². The number of aryl methyl sites for hydroxylation is 2. The summed E-state index contributed by atoms with van der Waals surface area (Å²) < 4.78 is 0.921. The van der Waals surface area contributed by atoms with E-state index in [1.165, 1.54) is 5.56 Å². The maximum absolute atomic E-state index is 11.2. The summed E-state index contributed by atoms with van der Waals surface area (Å²) in [5.41, 5.74) is 3.08. The van der Waals surface area contributed by atoms with Gasteiger partial charge in [0.05, 0.1) is 11.0 Å². The van der Waals surface area contributed by atoms with E-state index in [0.29, 0.717) is 5.33 Å². The molecule has 0 heterocycles. The molecule has 0 radical (unpaired) electrons. The Hall–Kier alpha value is -0.350. The van der Waals surface area contributed by atoms with Crippen LogP contribution in [-0.4, -0.2) is 11.2 Å². The average molecular weight is 321 g/mol. The normalized spacial score (nSPS) is 10.0. The first-order valence-electron chi connectivity index (χ1n) is 4.17. The minimum absolute atomic E-state index is 0.0438. The molecule has 1 amide bonds. The molecule has 1 aromatic carbocycles. The van der Waals surface area contributed by atoms with Gasteiger partial charge in [-0.2, -0.15) is 0 Å². The van der Waals surface area contributed by atoms with Gasteiger partial charge in [-0.15, -0.1) is 0 Å². The molecule has 0 spiro atoms. The summed E-state index contributed by atoms with van der Waals surface area (Å²) in [4.78, 5) is 11.2. The minimum atomic E-state index is -0.0438. The van der Waals surface area contributed by atoms with Crippen LogP contribution in [0.3, 0.4) is 0 Å². The van der Waals surface area contributed by atoms with Crippen molar-refractivity contribution < 1.29 is 4.79 Å². The number of carbonyl (C=O) groups is 1. The smallest absolute Gasteiger partial charge is 0.235 e. The largest absolute Gasteiger partial charge is 0.324 e. The highest BCUT2D eigenvalue weighted by molar-refractivity contribution is 9.10. The van der Waals surface area contributed by atoms with Gasteiger partial charge in [0.2, 0.25) is 5.91 Å². The first-order valence-corrected chi connectivity index (χ1v) is 6.08. The molecule has 0 atom stereocenters. The molecule has 2 nitrogen and oxygen atoms in total. The highest BCUT2D eigenvalue weighted by atomic mass is 79.9. The highest BCUT2D eigenvalue weighted by Gasteiger charge is 2.07. The van der Waals surface area contributed by atoms with Gasteiger partial charge in [0.25, 0.3) is 0 Å². The molecule has 1 N–H and O–H groups in total. The van der Waals surface area contributed by atoms with Crippen molar-refractivity contribution in [3.05, 3.63) is 27.7 Å². The molecule has 1 rings (SSSR count). The molecule has 76 valence electrons. The predicted octanol–water partition coefficient (Wildman–Crippen LogP) is 3.40. The second-order valence-electron chi connectivity index (χ2n) is 3.12. The van der Waals surface area contributed by atoms with E-state index in [9.17, 15) is 4.79 Å². The monoisotopic (exact) mass is 319 g/mol. The van der Waals surface area contributed by atoms with Crippen LogP contribution in [-0.2, 0) is 4.79 Å². The Morgan fingerprint density at radius 2 is 2.07 bits per heavy atom. The molecule has 0 aliphatic heterocycles. The van der Waals surface area contributed by atoms with Crippen molar-refractivity contribution in [1.29, 1.82) is 0 Å². The Kier molecular flexibility index (Phi) is 4.13. The molecule has 0 saturated heterocycles. The summed E-state index contributed by atoms with van der Waals surface area (Å²) in [6.07, 6.45) is 0. The summed E-state index contributed by atoms with van der Waals surface area (Å²) in [5.74, 6) is -0.0438. The summed E-state index contributed by atoms with van der Waals surface area (Å²) in [5, 5.41) is 3.13. The van der Waals surface area contributed by atoms with Gasteiger partial charge in [-0.05, 0) is 47.0 Å². The number of nitrogens with one attached hydrogen (secondary N) is 1. The Balaban J connectivity index is 3.02. The number of hydrogen-bond acceptors (Lipinski definition) is 1. The van der Waals surface area contributed by atoms with Crippen molar-refractivity contribution in [2.75, 3.05) is 10.6 Å². The molecule has 0 aliphatic carbocycles. The van der Waals surface area contributed by atoms with Crippen molar-refractivity contribution in [1.82, 2.24) is 0 Å². The number of halogens is 2. The van der Waals surface area contributed by atoms with E-state index in [1.807, 2.05) is 26.0 Å². The molecule has 0 bridgehead atoms. The van der Waals surface area contributed by atoms with E-state index >= 15 is 0 Å². The number of rotatable bonds is 2. The third-order valence-corrected chi connectivity index (χ3v) is 2.95. The van der Waals surface area contributed by atoms with Crippen LogP contribution in [0, 0.1) is 13.8 Å². The molecular weight excluding hydrogens is 310 g/mol. The van der Waals surface area contributed by atoms with Crippen LogP contribution in [0.25, 0.3) is 0 Å². The zero-order valence-corrected chi connectivity index (χ0v) is 11.2. The minimum Gasteiger partial charge on any atom is -0.324 e. The molecule has 0 aromatic heterocycles. The molecule has 4 heteroatoms. The van der Waals surface area contributed by atoms with Gasteiger partial charge in [-0.1, -0.05) is 22.0 Å². The van der Waals surface area contributed by atoms with Gasteiger partial charge in [0, 0.05) is 4.47 Å². The van der Waals surface area contributed by atoms with Crippen molar-refractivity contribution in [3.8, 4) is 0 Å². The lowest BCUT2D eigenvalue weighted by molar-refractivity contribution is -0.113. The number of anilines is 1. The second-order valence-corrected chi connectivity index (χ2v) is 4.54. The first kappa shape index (κ1) is 11.7. The number of benzene rings is 1. The molecule has 0 saturated carbocycles. The number of alkyl halides is 1. The lowest BCUT2D eigenvalue weighted by Crippen LogP contribution is -2.13. The van der Waals surface area contributed by atoms with Crippen LogP contribution in [0.1, 0.15) is 11.1 Å². The highest BCUT2D eigenvalue weighted by Crippen LogP contribution is 2.27.